The Morgan fingerprint density at radius 1 is 1.24 bits per heavy atom. The molecule has 2 nitrogen and oxygen atoms in total. The topological polar surface area (TPSA) is 21.3 Å². The predicted molar refractivity (Wildman–Crippen MR) is 71.3 cm³/mol. The van der Waals surface area contributed by atoms with Gasteiger partial charge in [-0.1, -0.05) is 26.0 Å². The maximum atomic E-state index is 5.20. The first-order valence-corrected chi connectivity index (χ1v) is 6.58. The average molecular weight is 233 g/mol. The van der Waals surface area contributed by atoms with Crippen LogP contribution in [0.1, 0.15) is 38.3 Å². The van der Waals surface area contributed by atoms with Crippen LogP contribution in [-0.2, 0) is 0 Å². The van der Waals surface area contributed by atoms with E-state index in [1.54, 1.807) is 7.11 Å². The first-order chi connectivity index (χ1) is 8.20. The number of benzene rings is 1. The van der Waals surface area contributed by atoms with Gasteiger partial charge in [-0.2, -0.15) is 0 Å². The molecule has 0 aromatic heterocycles. The molecule has 1 atom stereocenters. The molecule has 1 aliphatic carbocycles. The summed E-state index contributed by atoms with van der Waals surface area (Å²) in [5, 5.41) is 3.69. The molecule has 1 N–H and O–H groups in total. The number of rotatable bonds is 6. The van der Waals surface area contributed by atoms with Gasteiger partial charge in [-0.3, -0.25) is 0 Å². The van der Waals surface area contributed by atoms with Crippen molar-refractivity contribution in [3.63, 3.8) is 0 Å². The second kappa shape index (κ2) is 5.54. The molecular formula is C15H23NO. The van der Waals surface area contributed by atoms with E-state index < -0.39 is 0 Å². The van der Waals surface area contributed by atoms with E-state index in [-0.39, 0.29) is 0 Å². The minimum absolute atomic E-state index is 0.531. The molecule has 2 heteroatoms. The van der Waals surface area contributed by atoms with E-state index >= 15 is 0 Å². The SMILES string of the molecule is COc1ccc(C(NCC(C)C)C2CC2)cc1. The van der Waals surface area contributed by atoms with Gasteiger partial charge in [0.2, 0.25) is 0 Å². The Hall–Kier alpha value is -1.02. The van der Waals surface area contributed by atoms with Gasteiger partial charge in [-0.15, -0.1) is 0 Å². The van der Waals surface area contributed by atoms with E-state index in [2.05, 4.69) is 43.4 Å². The summed E-state index contributed by atoms with van der Waals surface area (Å²) in [4.78, 5) is 0. The van der Waals surface area contributed by atoms with Gasteiger partial charge in [0.05, 0.1) is 7.11 Å². The summed E-state index contributed by atoms with van der Waals surface area (Å²) in [6.07, 6.45) is 2.73. The van der Waals surface area contributed by atoms with Crippen LogP contribution in [0.2, 0.25) is 0 Å². The molecule has 0 saturated heterocycles. The van der Waals surface area contributed by atoms with Crippen LogP contribution in [-0.4, -0.2) is 13.7 Å². The highest BCUT2D eigenvalue weighted by Gasteiger charge is 2.31. The van der Waals surface area contributed by atoms with Gasteiger partial charge in [0.25, 0.3) is 0 Å². The van der Waals surface area contributed by atoms with E-state index in [1.165, 1.54) is 18.4 Å². The molecule has 1 saturated carbocycles. The molecule has 0 aliphatic heterocycles. The van der Waals surface area contributed by atoms with E-state index in [1.807, 2.05) is 0 Å². The monoisotopic (exact) mass is 233 g/mol. The standard InChI is InChI=1S/C15H23NO/c1-11(2)10-16-15(12-4-5-12)13-6-8-14(17-3)9-7-13/h6-9,11-12,15-16H,4-5,10H2,1-3H3. The molecule has 0 radical (unpaired) electrons. The molecule has 1 aromatic carbocycles. The van der Waals surface area contributed by atoms with Crippen LogP contribution in [0, 0.1) is 11.8 Å². The molecule has 0 bridgehead atoms. The van der Waals surface area contributed by atoms with Gasteiger partial charge in [-0.25, -0.2) is 0 Å². The Labute approximate surface area is 104 Å². The minimum Gasteiger partial charge on any atom is -0.497 e. The number of hydrogen-bond donors (Lipinski definition) is 1. The lowest BCUT2D eigenvalue weighted by atomic mass is 10.0. The van der Waals surface area contributed by atoms with Gasteiger partial charge >= 0.3 is 0 Å². The first-order valence-electron chi connectivity index (χ1n) is 6.58. The predicted octanol–water partition coefficient (Wildman–Crippen LogP) is 3.39. The first kappa shape index (κ1) is 12.4. The van der Waals surface area contributed by atoms with Gasteiger partial charge in [0, 0.05) is 6.04 Å². The third-order valence-corrected chi connectivity index (χ3v) is 3.31. The molecule has 0 amide bonds. The van der Waals surface area contributed by atoms with E-state index in [4.69, 9.17) is 4.74 Å². The second-order valence-electron chi connectivity index (χ2n) is 5.39. The van der Waals surface area contributed by atoms with Crippen molar-refractivity contribution < 1.29 is 4.74 Å². The summed E-state index contributed by atoms with van der Waals surface area (Å²) in [6.45, 7) is 5.60. The van der Waals surface area contributed by atoms with Gasteiger partial charge < -0.3 is 10.1 Å². The van der Waals surface area contributed by atoms with E-state index in [9.17, 15) is 0 Å². The molecule has 17 heavy (non-hydrogen) atoms. The Balaban J connectivity index is 2.03. The smallest absolute Gasteiger partial charge is 0.118 e. The fraction of sp³-hybridized carbons (Fsp3) is 0.600. The fourth-order valence-corrected chi connectivity index (χ4v) is 2.16. The van der Waals surface area contributed by atoms with Crippen LogP contribution in [0.3, 0.4) is 0 Å². The zero-order valence-electron chi connectivity index (χ0n) is 11.1. The van der Waals surface area contributed by atoms with E-state index in [0.29, 0.717) is 12.0 Å². The number of nitrogens with one attached hydrogen (secondary N) is 1. The third-order valence-electron chi connectivity index (χ3n) is 3.31. The van der Waals surface area contributed by atoms with Gasteiger partial charge in [0.15, 0.2) is 0 Å². The second-order valence-corrected chi connectivity index (χ2v) is 5.39. The van der Waals surface area contributed by atoms with Crippen molar-refractivity contribution in [2.24, 2.45) is 11.8 Å². The Bertz CT molecular complexity index is 340. The van der Waals surface area contributed by atoms with Crippen LogP contribution >= 0.6 is 0 Å². The average Bonchev–Trinajstić information content (AvgIpc) is 3.14. The van der Waals surface area contributed by atoms with Crippen molar-refractivity contribution >= 4 is 0 Å². The van der Waals surface area contributed by atoms with Crippen molar-refractivity contribution in [3.8, 4) is 5.75 Å². The summed E-state index contributed by atoms with van der Waals surface area (Å²) in [6, 6.07) is 9.02. The molecule has 2 rings (SSSR count). The fourth-order valence-electron chi connectivity index (χ4n) is 2.16. The summed E-state index contributed by atoms with van der Waals surface area (Å²) >= 11 is 0. The Morgan fingerprint density at radius 2 is 1.88 bits per heavy atom. The number of methoxy groups -OCH3 is 1. The molecule has 1 unspecified atom stereocenters. The maximum absolute atomic E-state index is 5.20. The van der Waals surface area contributed by atoms with Crippen molar-refractivity contribution in [2.75, 3.05) is 13.7 Å². The lowest BCUT2D eigenvalue weighted by molar-refractivity contribution is 0.412. The Morgan fingerprint density at radius 3 is 2.35 bits per heavy atom. The highest BCUT2D eigenvalue weighted by atomic mass is 16.5. The van der Waals surface area contributed by atoms with Crippen molar-refractivity contribution in [3.05, 3.63) is 29.8 Å². The molecular weight excluding hydrogens is 210 g/mol. The van der Waals surface area contributed by atoms with E-state index in [0.717, 1.165) is 18.2 Å². The molecule has 1 fully saturated rings. The highest BCUT2D eigenvalue weighted by Crippen LogP contribution is 2.41. The summed E-state index contributed by atoms with van der Waals surface area (Å²) < 4.78 is 5.20. The summed E-state index contributed by atoms with van der Waals surface area (Å²) in [5.74, 6) is 2.48. The van der Waals surface area contributed by atoms with Crippen LogP contribution in [0.15, 0.2) is 24.3 Å². The van der Waals surface area contributed by atoms with Gasteiger partial charge in [0.1, 0.15) is 5.75 Å². The summed E-state index contributed by atoms with van der Waals surface area (Å²) in [5.41, 5.74) is 1.40. The van der Waals surface area contributed by atoms with Gasteiger partial charge in [-0.05, 0) is 48.9 Å². The zero-order chi connectivity index (χ0) is 12.3. The van der Waals surface area contributed by atoms with Crippen LogP contribution < -0.4 is 10.1 Å². The van der Waals surface area contributed by atoms with Crippen molar-refractivity contribution in [2.45, 2.75) is 32.7 Å². The zero-order valence-corrected chi connectivity index (χ0v) is 11.1. The molecule has 1 aromatic rings. The van der Waals surface area contributed by atoms with Crippen LogP contribution in [0.25, 0.3) is 0 Å². The highest BCUT2D eigenvalue weighted by molar-refractivity contribution is 5.30. The normalized spacial score (nSPS) is 17.2. The lowest BCUT2D eigenvalue weighted by Crippen LogP contribution is -2.26. The van der Waals surface area contributed by atoms with Crippen molar-refractivity contribution in [1.82, 2.24) is 5.32 Å². The molecule has 0 heterocycles. The van der Waals surface area contributed by atoms with Crippen molar-refractivity contribution in [1.29, 1.82) is 0 Å². The molecule has 0 spiro atoms. The Kier molecular flexibility index (Phi) is 4.06. The third kappa shape index (κ3) is 3.47. The van der Waals surface area contributed by atoms with Crippen LogP contribution in [0.5, 0.6) is 5.75 Å². The van der Waals surface area contributed by atoms with Crippen LogP contribution in [0.4, 0.5) is 0 Å². The quantitative estimate of drug-likeness (QED) is 0.813. The molecule has 94 valence electrons. The minimum atomic E-state index is 0.531. The summed E-state index contributed by atoms with van der Waals surface area (Å²) in [7, 11) is 1.71. The molecule has 1 aliphatic rings. The number of ether oxygens (including phenoxy) is 1. The number of hydrogen-bond acceptors (Lipinski definition) is 2. The maximum Gasteiger partial charge on any atom is 0.118 e. The lowest BCUT2D eigenvalue weighted by Gasteiger charge is -2.20. The largest absolute Gasteiger partial charge is 0.497 e.